The maximum atomic E-state index is 10.1. The smallest absolute Gasteiger partial charge is 0.308 e. The first-order valence-electron chi connectivity index (χ1n) is 3.20. The molecule has 1 unspecified atom stereocenters. The first-order chi connectivity index (χ1) is 4.62. The van der Waals surface area contributed by atoms with Gasteiger partial charge in [-0.05, 0) is 6.42 Å². The molecular weight excluding hydrogens is 136 g/mol. The fraction of sp³-hybridized carbons (Fsp3) is 0.833. The first-order valence-corrected chi connectivity index (χ1v) is 3.20. The highest BCUT2D eigenvalue weighted by atomic mass is 16.6. The predicted octanol–water partition coefficient (Wildman–Crippen LogP) is -0.0399. The molecule has 0 aromatic carbocycles. The number of ether oxygens (including phenoxy) is 1. The van der Waals surface area contributed by atoms with Crippen molar-refractivity contribution in [2.75, 3.05) is 6.61 Å². The van der Waals surface area contributed by atoms with E-state index in [0.717, 1.165) is 6.42 Å². The van der Waals surface area contributed by atoms with Crippen LogP contribution in [0.5, 0.6) is 0 Å². The van der Waals surface area contributed by atoms with Gasteiger partial charge in [-0.3, -0.25) is 4.79 Å². The molecule has 0 saturated carbocycles. The van der Waals surface area contributed by atoms with Crippen LogP contribution in [0.3, 0.4) is 0 Å². The van der Waals surface area contributed by atoms with Gasteiger partial charge in [0.2, 0.25) is 0 Å². The topological polar surface area (TPSA) is 66.8 Å². The number of carbonyl (C=O) groups is 1. The molecule has 1 fully saturated rings. The molecule has 1 aliphatic heterocycles. The molecule has 1 aliphatic rings. The fourth-order valence-corrected chi connectivity index (χ4v) is 1.06. The minimum Gasteiger partial charge on any atom is -0.481 e. The van der Waals surface area contributed by atoms with E-state index in [1.54, 1.807) is 0 Å². The lowest BCUT2D eigenvalue weighted by Crippen LogP contribution is -2.30. The normalized spacial score (nSPS) is 32.5. The standard InChI is InChI=1S/C6H10O4/c7-5(8)4-6(9)2-1-3-10-6/h9H,1-4H2,(H,7,8). The van der Waals surface area contributed by atoms with Crippen LogP contribution in [0.25, 0.3) is 0 Å². The highest BCUT2D eigenvalue weighted by Crippen LogP contribution is 2.25. The lowest BCUT2D eigenvalue weighted by atomic mass is 10.1. The molecule has 10 heavy (non-hydrogen) atoms. The van der Waals surface area contributed by atoms with Gasteiger partial charge in [0.05, 0.1) is 13.0 Å². The second kappa shape index (κ2) is 2.56. The Hall–Kier alpha value is -0.610. The fourth-order valence-electron chi connectivity index (χ4n) is 1.06. The number of carboxylic acids is 1. The third-order valence-corrected chi connectivity index (χ3v) is 1.51. The third kappa shape index (κ3) is 1.68. The molecular formula is C6H10O4. The van der Waals surface area contributed by atoms with Gasteiger partial charge in [-0.25, -0.2) is 0 Å². The van der Waals surface area contributed by atoms with E-state index < -0.39 is 11.8 Å². The molecule has 0 bridgehead atoms. The van der Waals surface area contributed by atoms with Crippen molar-refractivity contribution in [2.24, 2.45) is 0 Å². The molecule has 4 nitrogen and oxygen atoms in total. The van der Waals surface area contributed by atoms with Crippen molar-refractivity contribution in [1.29, 1.82) is 0 Å². The molecule has 0 aromatic heterocycles. The zero-order chi connectivity index (χ0) is 7.61. The second-order valence-electron chi connectivity index (χ2n) is 2.47. The van der Waals surface area contributed by atoms with Crippen molar-refractivity contribution < 1.29 is 19.7 Å². The van der Waals surface area contributed by atoms with E-state index in [-0.39, 0.29) is 6.42 Å². The van der Waals surface area contributed by atoms with E-state index in [0.29, 0.717) is 13.0 Å². The van der Waals surface area contributed by atoms with Crippen molar-refractivity contribution >= 4 is 5.97 Å². The summed E-state index contributed by atoms with van der Waals surface area (Å²) in [5.41, 5.74) is 0. The number of aliphatic carboxylic acids is 1. The van der Waals surface area contributed by atoms with Crippen molar-refractivity contribution in [2.45, 2.75) is 25.0 Å². The van der Waals surface area contributed by atoms with Crippen LogP contribution < -0.4 is 0 Å². The van der Waals surface area contributed by atoms with E-state index in [2.05, 4.69) is 0 Å². The molecule has 4 heteroatoms. The first kappa shape index (κ1) is 7.50. The largest absolute Gasteiger partial charge is 0.481 e. The van der Waals surface area contributed by atoms with Gasteiger partial charge >= 0.3 is 5.97 Å². The molecule has 0 spiro atoms. The molecule has 1 rings (SSSR count). The highest BCUT2D eigenvalue weighted by molar-refractivity contribution is 5.67. The van der Waals surface area contributed by atoms with E-state index >= 15 is 0 Å². The minimum atomic E-state index is -1.38. The van der Waals surface area contributed by atoms with Crippen LogP contribution in [-0.4, -0.2) is 28.6 Å². The Morgan fingerprint density at radius 1 is 1.70 bits per heavy atom. The highest BCUT2D eigenvalue weighted by Gasteiger charge is 2.34. The van der Waals surface area contributed by atoms with E-state index in [1.165, 1.54) is 0 Å². The number of carboxylic acid groups (broad SMARTS) is 1. The quantitative estimate of drug-likeness (QED) is 0.573. The number of hydrogen-bond acceptors (Lipinski definition) is 3. The summed E-state index contributed by atoms with van der Waals surface area (Å²) in [6, 6.07) is 0. The molecule has 0 amide bonds. The maximum Gasteiger partial charge on any atom is 0.308 e. The summed E-state index contributed by atoms with van der Waals surface area (Å²) in [7, 11) is 0. The second-order valence-corrected chi connectivity index (χ2v) is 2.47. The van der Waals surface area contributed by atoms with Crippen LogP contribution in [0, 0.1) is 0 Å². The zero-order valence-electron chi connectivity index (χ0n) is 5.54. The predicted molar refractivity (Wildman–Crippen MR) is 32.4 cm³/mol. The van der Waals surface area contributed by atoms with Gasteiger partial charge in [0, 0.05) is 6.42 Å². The lowest BCUT2D eigenvalue weighted by Gasteiger charge is -2.18. The number of hydrogen-bond donors (Lipinski definition) is 2. The van der Waals surface area contributed by atoms with Crippen LogP contribution in [0.15, 0.2) is 0 Å². The summed E-state index contributed by atoms with van der Waals surface area (Å²) in [5, 5.41) is 17.6. The van der Waals surface area contributed by atoms with Crippen molar-refractivity contribution in [1.82, 2.24) is 0 Å². The third-order valence-electron chi connectivity index (χ3n) is 1.51. The van der Waals surface area contributed by atoms with Crippen LogP contribution in [0.1, 0.15) is 19.3 Å². The zero-order valence-corrected chi connectivity index (χ0v) is 5.54. The van der Waals surface area contributed by atoms with E-state index in [9.17, 15) is 9.90 Å². The number of aliphatic hydroxyl groups is 1. The Bertz CT molecular complexity index is 137. The summed E-state index contributed by atoms with van der Waals surface area (Å²) in [6.07, 6.45) is 0.857. The summed E-state index contributed by atoms with van der Waals surface area (Å²) >= 11 is 0. The van der Waals surface area contributed by atoms with Gasteiger partial charge in [0.15, 0.2) is 5.79 Å². The van der Waals surface area contributed by atoms with Crippen LogP contribution in [-0.2, 0) is 9.53 Å². The molecule has 0 radical (unpaired) electrons. The van der Waals surface area contributed by atoms with E-state index in [4.69, 9.17) is 9.84 Å². The van der Waals surface area contributed by atoms with E-state index in [1.807, 2.05) is 0 Å². The van der Waals surface area contributed by atoms with Gasteiger partial charge in [-0.15, -0.1) is 0 Å². The molecule has 0 aliphatic carbocycles. The molecule has 1 heterocycles. The van der Waals surface area contributed by atoms with Crippen molar-refractivity contribution in [3.63, 3.8) is 0 Å². The van der Waals surface area contributed by atoms with Crippen molar-refractivity contribution in [3.8, 4) is 0 Å². The van der Waals surface area contributed by atoms with Crippen LogP contribution >= 0.6 is 0 Å². The Morgan fingerprint density at radius 2 is 2.40 bits per heavy atom. The average Bonchev–Trinajstić information content (AvgIpc) is 2.12. The van der Waals surface area contributed by atoms with Gasteiger partial charge < -0.3 is 14.9 Å². The molecule has 1 atom stereocenters. The van der Waals surface area contributed by atoms with Crippen molar-refractivity contribution in [3.05, 3.63) is 0 Å². The van der Waals surface area contributed by atoms with Gasteiger partial charge in [-0.2, -0.15) is 0 Å². The Morgan fingerprint density at radius 3 is 2.80 bits per heavy atom. The maximum absolute atomic E-state index is 10.1. The summed E-state index contributed by atoms with van der Waals surface area (Å²) in [6.45, 7) is 0.462. The molecule has 0 aromatic rings. The summed E-state index contributed by atoms with van der Waals surface area (Å²) in [5.74, 6) is -2.41. The Kier molecular flexibility index (Phi) is 1.92. The summed E-state index contributed by atoms with van der Waals surface area (Å²) in [4.78, 5) is 10.1. The molecule has 1 saturated heterocycles. The van der Waals surface area contributed by atoms with Gasteiger partial charge in [0.25, 0.3) is 0 Å². The monoisotopic (exact) mass is 146 g/mol. The Labute approximate surface area is 58.4 Å². The minimum absolute atomic E-state index is 0.312. The van der Waals surface area contributed by atoms with Gasteiger partial charge in [-0.1, -0.05) is 0 Å². The average molecular weight is 146 g/mol. The van der Waals surface area contributed by atoms with Gasteiger partial charge in [0.1, 0.15) is 0 Å². The number of rotatable bonds is 2. The lowest BCUT2D eigenvalue weighted by molar-refractivity contribution is -0.186. The summed E-state index contributed by atoms with van der Waals surface area (Å²) < 4.78 is 4.83. The molecule has 2 N–H and O–H groups in total. The SMILES string of the molecule is O=C(O)CC1(O)CCCO1. The Balaban J connectivity index is 2.43. The molecule has 58 valence electrons. The van der Waals surface area contributed by atoms with Crippen LogP contribution in [0.4, 0.5) is 0 Å². The van der Waals surface area contributed by atoms with Crippen LogP contribution in [0.2, 0.25) is 0 Å².